The van der Waals surface area contributed by atoms with Gasteiger partial charge in [0.15, 0.2) is 5.75 Å². The predicted molar refractivity (Wildman–Crippen MR) is 74.2 cm³/mol. The number of aryl methyl sites for hydroxylation is 1. The van der Waals surface area contributed by atoms with Crippen molar-refractivity contribution in [1.82, 2.24) is 0 Å². The SMILES string of the molecule is CCc1occc1C(=O)Nc1cc(Cl)cc(Cl)c1O. The Morgan fingerprint density at radius 3 is 2.84 bits per heavy atom. The van der Waals surface area contributed by atoms with E-state index in [1.165, 1.54) is 18.4 Å². The molecule has 19 heavy (non-hydrogen) atoms. The molecule has 4 nitrogen and oxygen atoms in total. The zero-order valence-electron chi connectivity index (χ0n) is 10.0. The van der Waals surface area contributed by atoms with Crippen LogP contribution in [0.25, 0.3) is 0 Å². The molecule has 0 radical (unpaired) electrons. The van der Waals surface area contributed by atoms with Gasteiger partial charge in [0.1, 0.15) is 5.76 Å². The maximum absolute atomic E-state index is 12.1. The average molecular weight is 300 g/mol. The first-order valence-electron chi connectivity index (χ1n) is 5.58. The Balaban J connectivity index is 2.29. The summed E-state index contributed by atoms with van der Waals surface area (Å²) < 4.78 is 5.17. The van der Waals surface area contributed by atoms with Gasteiger partial charge in [-0.1, -0.05) is 30.1 Å². The zero-order chi connectivity index (χ0) is 14.0. The third-order valence-electron chi connectivity index (χ3n) is 2.59. The van der Waals surface area contributed by atoms with Crippen LogP contribution < -0.4 is 5.32 Å². The summed E-state index contributed by atoms with van der Waals surface area (Å²) in [6, 6.07) is 4.38. The van der Waals surface area contributed by atoms with E-state index in [0.717, 1.165) is 0 Å². The molecule has 0 atom stereocenters. The van der Waals surface area contributed by atoms with Crippen molar-refractivity contribution < 1.29 is 14.3 Å². The van der Waals surface area contributed by atoms with Crippen molar-refractivity contribution in [2.75, 3.05) is 5.32 Å². The Kier molecular flexibility index (Phi) is 4.02. The van der Waals surface area contributed by atoms with Crippen LogP contribution in [0.3, 0.4) is 0 Å². The van der Waals surface area contributed by atoms with Crippen molar-refractivity contribution in [2.24, 2.45) is 0 Å². The summed E-state index contributed by atoms with van der Waals surface area (Å²) in [6.07, 6.45) is 2.04. The van der Waals surface area contributed by atoms with Crippen LogP contribution in [-0.4, -0.2) is 11.0 Å². The molecular formula is C13H11Cl2NO3. The fourth-order valence-electron chi connectivity index (χ4n) is 1.67. The van der Waals surface area contributed by atoms with Gasteiger partial charge in [0.25, 0.3) is 5.91 Å². The highest BCUT2D eigenvalue weighted by molar-refractivity contribution is 6.36. The highest BCUT2D eigenvalue weighted by Crippen LogP contribution is 2.35. The van der Waals surface area contributed by atoms with Crippen LogP contribution in [0, 0.1) is 0 Å². The molecule has 0 saturated carbocycles. The molecule has 1 aromatic carbocycles. The molecular weight excluding hydrogens is 289 g/mol. The maximum Gasteiger partial charge on any atom is 0.259 e. The van der Waals surface area contributed by atoms with Gasteiger partial charge in [0.05, 0.1) is 22.5 Å². The van der Waals surface area contributed by atoms with Crippen molar-refractivity contribution in [1.29, 1.82) is 0 Å². The minimum Gasteiger partial charge on any atom is -0.504 e. The number of benzene rings is 1. The number of phenols is 1. The number of amides is 1. The van der Waals surface area contributed by atoms with Crippen molar-refractivity contribution in [3.8, 4) is 5.75 Å². The average Bonchev–Trinajstić information content (AvgIpc) is 2.83. The fourth-order valence-corrected chi connectivity index (χ4v) is 2.16. The lowest BCUT2D eigenvalue weighted by Gasteiger charge is -2.09. The topological polar surface area (TPSA) is 62.5 Å². The second kappa shape index (κ2) is 5.55. The van der Waals surface area contributed by atoms with Gasteiger partial charge in [-0.2, -0.15) is 0 Å². The number of anilines is 1. The van der Waals surface area contributed by atoms with E-state index in [1.54, 1.807) is 6.07 Å². The molecule has 2 N–H and O–H groups in total. The van der Waals surface area contributed by atoms with Gasteiger partial charge in [0, 0.05) is 11.4 Å². The fraction of sp³-hybridized carbons (Fsp3) is 0.154. The smallest absolute Gasteiger partial charge is 0.259 e. The Labute approximate surface area is 119 Å². The molecule has 0 spiro atoms. The van der Waals surface area contributed by atoms with Gasteiger partial charge < -0.3 is 14.8 Å². The molecule has 0 unspecified atom stereocenters. The lowest BCUT2D eigenvalue weighted by atomic mass is 10.2. The summed E-state index contributed by atoms with van der Waals surface area (Å²) in [5.74, 6) is -0.0368. The monoisotopic (exact) mass is 299 g/mol. The Bertz CT molecular complexity index is 622. The summed E-state index contributed by atoms with van der Waals surface area (Å²) >= 11 is 11.6. The summed E-state index contributed by atoms with van der Waals surface area (Å²) in [6.45, 7) is 1.88. The number of aromatic hydroxyl groups is 1. The Morgan fingerprint density at radius 1 is 1.42 bits per heavy atom. The van der Waals surface area contributed by atoms with Crippen LogP contribution in [0.15, 0.2) is 28.9 Å². The first-order valence-corrected chi connectivity index (χ1v) is 6.34. The van der Waals surface area contributed by atoms with E-state index in [9.17, 15) is 9.90 Å². The van der Waals surface area contributed by atoms with Gasteiger partial charge in [-0.3, -0.25) is 4.79 Å². The third-order valence-corrected chi connectivity index (χ3v) is 3.09. The summed E-state index contributed by atoms with van der Waals surface area (Å²) in [7, 11) is 0. The molecule has 0 bridgehead atoms. The molecule has 0 aliphatic carbocycles. The first kappa shape index (κ1) is 13.8. The molecule has 0 aliphatic heterocycles. The lowest BCUT2D eigenvalue weighted by Crippen LogP contribution is -2.13. The van der Waals surface area contributed by atoms with E-state index >= 15 is 0 Å². The second-order valence-electron chi connectivity index (χ2n) is 3.85. The number of nitrogens with one attached hydrogen (secondary N) is 1. The van der Waals surface area contributed by atoms with Crippen molar-refractivity contribution in [3.63, 3.8) is 0 Å². The minimum absolute atomic E-state index is 0.0747. The number of carbonyl (C=O) groups excluding carboxylic acids is 1. The van der Waals surface area contributed by atoms with Gasteiger partial charge in [0.2, 0.25) is 0 Å². The predicted octanol–water partition coefficient (Wildman–Crippen LogP) is 4.11. The second-order valence-corrected chi connectivity index (χ2v) is 4.69. The van der Waals surface area contributed by atoms with Crippen LogP contribution in [0.5, 0.6) is 5.75 Å². The van der Waals surface area contributed by atoms with Crippen molar-refractivity contribution in [2.45, 2.75) is 13.3 Å². The molecule has 1 heterocycles. The molecule has 0 fully saturated rings. The van der Waals surface area contributed by atoms with E-state index in [-0.39, 0.29) is 22.4 Å². The summed E-state index contributed by atoms with van der Waals surface area (Å²) in [5, 5.41) is 12.7. The van der Waals surface area contributed by atoms with Crippen LogP contribution in [0.4, 0.5) is 5.69 Å². The van der Waals surface area contributed by atoms with E-state index < -0.39 is 0 Å². The first-order chi connectivity index (χ1) is 9.02. The summed E-state index contributed by atoms with van der Waals surface area (Å²) in [5.41, 5.74) is 0.573. The van der Waals surface area contributed by atoms with Crippen molar-refractivity contribution in [3.05, 3.63) is 45.8 Å². The highest BCUT2D eigenvalue weighted by atomic mass is 35.5. The summed E-state index contributed by atoms with van der Waals surface area (Å²) in [4.78, 5) is 12.1. The van der Waals surface area contributed by atoms with Crippen LogP contribution in [-0.2, 0) is 6.42 Å². The molecule has 1 amide bonds. The lowest BCUT2D eigenvalue weighted by molar-refractivity contribution is 0.102. The molecule has 0 aliphatic rings. The van der Waals surface area contributed by atoms with E-state index in [2.05, 4.69) is 5.32 Å². The van der Waals surface area contributed by atoms with Crippen molar-refractivity contribution >= 4 is 34.8 Å². The third kappa shape index (κ3) is 2.85. The molecule has 1 aromatic heterocycles. The number of hydrogen-bond acceptors (Lipinski definition) is 3. The van der Waals surface area contributed by atoms with Gasteiger partial charge in [-0.15, -0.1) is 0 Å². The number of phenolic OH excluding ortho intramolecular Hbond substituents is 1. The van der Waals surface area contributed by atoms with Crippen LogP contribution in [0.1, 0.15) is 23.0 Å². The molecule has 2 aromatic rings. The molecule has 0 saturated heterocycles. The van der Waals surface area contributed by atoms with Gasteiger partial charge >= 0.3 is 0 Å². The largest absolute Gasteiger partial charge is 0.504 e. The van der Waals surface area contributed by atoms with Gasteiger partial charge in [-0.05, 0) is 18.2 Å². The number of rotatable bonds is 3. The normalized spacial score (nSPS) is 10.5. The Morgan fingerprint density at radius 2 is 2.16 bits per heavy atom. The number of furan rings is 1. The Hall–Kier alpha value is -1.65. The van der Waals surface area contributed by atoms with E-state index in [1.807, 2.05) is 6.92 Å². The maximum atomic E-state index is 12.1. The zero-order valence-corrected chi connectivity index (χ0v) is 11.5. The minimum atomic E-state index is -0.390. The number of halogens is 2. The highest BCUT2D eigenvalue weighted by Gasteiger charge is 2.16. The molecule has 100 valence electrons. The molecule has 2 rings (SSSR count). The molecule has 6 heteroatoms. The standard InChI is InChI=1S/C13H11Cl2NO3/c1-2-11-8(3-4-19-11)13(18)16-10-6-7(14)5-9(15)12(10)17/h3-6,17H,2H2,1H3,(H,16,18). The van der Waals surface area contributed by atoms with E-state index in [0.29, 0.717) is 22.8 Å². The number of hydrogen-bond donors (Lipinski definition) is 2. The number of carbonyl (C=O) groups is 1. The quantitative estimate of drug-likeness (QED) is 0.839. The van der Waals surface area contributed by atoms with E-state index in [4.69, 9.17) is 27.6 Å². The van der Waals surface area contributed by atoms with Gasteiger partial charge in [-0.25, -0.2) is 0 Å². The van der Waals surface area contributed by atoms with Crippen LogP contribution >= 0.6 is 23.2 Å². The van der Waals surface area contributed by atoms with Crippen LogP contribution in [0.2, 0.25) is 10.0 Å².